The topological polar surface area (TPSA) is 72.8 Å². The lowest BCUT2D eigenvalue weighted by molar-refractivity contribution is 0.414. The van der Waals surface area contributed by atoms with Gasteiger partial charge >= 0.3 is 0 Å². The fourth-order valence-corrected chi connectivity index (χ4v) is 3.74. The molecule has 0 aliphatic rings. The van der Waals surface area contributed by atoms with Gasteiger partial charge in [0.1, 0.15) is 11.1 Å². The normalized spacial score (nSPS) is 12.2. The van der Waals surface area contributed by atoms with E-state index in [1.165, 1.54) is 17.3 Å². The van der Waals surface area contributed by atoms with Crippen LogP contribution in [0, 0.1) is 0 Å². The van der Waals surface area contributed by atoms with Crippen molar-refractivity contribution in [2.45, 2.75) is 17.3 Å². The van der Waals surface area contributed by atoms with E-state index in [4.69, 9.17) is 4.74 Å². The standard InChI is InChI=1S/C20H18N4O2S/c1-13(14-6-4-3-5-7-14)27-20-22-18-17(19(25)23-20)12-21-24(18)15-8-10-16(26-2)11-9-15/h3-13H,1-2H3,(H,22,23,25). The van der Waals surface area contributed by atoms with Gasteiger partial charge in [0.25, 0.3) is 5.56 Å². The van der Waals surface area contributed by atoms with Crippen molar-refractivity contribution in [3.8, 4) is 11.4 Å². The first-order valence-electron chi connectivity index (χ1n) is 8.50. The second kappa shape index (κ2) is 7.28. The summed E-state index contributed by atoms with van der Waals surface area (Å²) in [6.07, 6.45) is 1.54. The number of aromatic nitrogens is 4. The number of nitrogens with zero attached hydrogens (tertiary/aromatic N) is 3. The number of benzene rings is 2. The van der Waals surface area contributed by atoms with E-state index in [1.54, 1.807) is 18.0 Å². The summed E-state index contributed by atoms with van der Waals surface area (Å²) in [6, 6.07) is 17.6. The van der Waals surface area contributed by atoms with Gasteiger partial charge in [0.15, 0.2) is 10.8 Å². The molecule has 27 heavy (non-hydrogen) atoms. The molecular formula is C20H18N4O2S. The van der Waals surface area contributed by atoms with Crippen LogP contribution in [0.3, 0.4) is 0 Å². The third-order valence-corrected chi connectivity index (χ3v) is 5.33. The number of H-pyrrole nitrogens is 1. The molecule has 136 valence electrons. The van der Waals surface area contributed by atoms with Gasteiger partial charge in [-0.2, -0.15) is 5.10 Å². The summed E-state index contributed by atoms with van der Waals surface area (Å²) < 4.78 is 6.86. The summed E-state index contributed by atoms with van der Waals surface area (Å²) in [7, 11) is 1.62. The molecule has 0 radical (unpaired) electrons. The quantitative estimate of drug-likeness (QED) is 0.420. The summed E-state index contributed by atoms with van der Waals surface area (Å²) in [5.74, 6) is 0.758. The predicted octanol–water partition coefficient (Wildman–Crippen LogP) is 3.97. The number of nitrogens with one attached hydrogen (secondary N) is 1. The number of methoxy groups -OCH3 is 1. The van der Waals surface area contributed by atoms with Gasteiger partial charge in [-0.15, -0.1) is 0 Å². The van der Waals surface area contributed by atoms with Gasteiger partial charge in [-0.1, -0.05) is 42.1 Å². The van der Waals surface area contributed by atoms with E-state index < -0.39 is 0 Å². The molecule has 0 aliphatic heterocycles. The fourth-order valence-electron chi connectivity index (χ4n) is 2.83. The van der Waals surface area contributed by atoms with Crippen LogP contribution >= 0.6 is 11.8 Å². The first-order valence-corrected chi connectivity index (χ1v) is 9.38. The molecule has 2 aromatic carbocycles. The van der Waals surface area contributed by atoms with Crippen LogP contribution in [0.1, 0.15) is 17.7 Å². The summed E-state index contributed by atoms with van der Waals surface area (Å²) in [6.45, 7) is 2.09. The van der Waals surface area contributed by atoms with Crippen LogP contribution < -0.4 is 10.3 Å². The number of rotatable bonds is 5. The lowest BCUT2D eigenvalue weighted by atomic mass is 10.2. The first-order chi connectivity index (χ1) is 13.2. The van der Waals surface area contributed by atoms with E-state index >= 15 is 0 Å². The molecule has 7 heteroatoms. The molecule has 2 aromatic heterocycles. The Morgan fingerprint density at radius 1 is 1.11 bits per heavy atom. The first kappa shape index (κ1) is 17.4. The molecule has 2 heterocycles. The summed E-state index contributed by atoms with van der Waals surface area (Å²) in [5, 5.41) is 5.53. The molecule has 0 spiro atoms. The van der Waals surface area contributed by atoms with Gasteiger partial charge in [0, 0.05) is 5.25 Å². The Morgan fingerprint density at radius 3 is 2.56 bits per heavy atom. The third-order valence-electron chi connectivity index (χ3n) is 4.29. The Labute approximate surface area is 160 Å². The van der Waals surface area contributed by atoms with Crippen molar-refractivity contribution >= 4 is 22.8 Å². The van der Waals surface area contributed by atoms with Gasteiger partial charge in [0.2, 0.25) is 0 Å². The van der Waals surface area contributed by atoms with Gasteiger partial charge in [-0.25, -0.2) is 9.67 Å². The second-order valence-electron chi connectivity index (χ2n) is 6.03. The average Bonchev–Trinajstić information content (AvgIpc) is 3.13. The SMILES string of the molecule is COc1ccc(-n2ncc3c(=O)[nH]c(SC(C)c4ccccc4)nc32)cc1. The van der Waals surface area contributed by atoms with Crippen molar-refractivity contribution in [1.82, 2.24) is 19.7 Å². The zero-order valence-corrected chi connectivity index (χ0v) is 15.7. The maximum Gasteiger partial charge on any atom is 0.262 e. The van der Waals surface area contributed by atoms with E-state index in [-0.39, 0.29) is 10.8 Å². The van der Waals surface area contributed by atoms with Crippen LogP contribution in [-0.2, 0) is 0 Å². The fraction of sp³-hybridized carbons (Fsp3) is 0.150. The molecule has 4 aromatic rings. The molecule has 0 bridgehead atoms. The number of ether oxygens (including phenoxy) is 1. The molecule has 4 rings (SSSR count). The Kier molecular flexibility index (Phi) is 4.68. The Balaban J connectivity index is 1.72. The Hall–Kier alpha value is -3.06. The van der Waals surface area contributed by atoms with Gasteiger partial charge in [0.05, 0.1) is 19.0 Å². The van der Waals surface area contributed by atoms with E-state index in [0.717, 1.165) is 11.4 Å². The number of fused-ring (bicyclic) bond motifs is 1. The lowest BCUT2D eigenvalue weighted by Crippen LogP contribution is -2.10. The van der Waals surface area contributed by atoms with Crippen molar-refractivity contribution in [3.63, 3.8) is 0 Å². The molecule has 0 amide bonds. The molecule has 1 unspecified atom stereocenters. The van der Waals surface area contributed by atoms with Crippen LogP contribution in [0.2, 0.25) is 0 Å². The molecule has 0 saturated heterocycles. The predicted molar refractivity (Wildman–Crippen MR) is 107 cm³/mol. The largest absolute Gasteiger partial charge is 0.497 e. The van der Waals surface area contributed by atoms with Crippen LogP contribution in [0.5, 0.6) is 5.75 Å². The highest BCUT2D eigenvalue weighted by atomic mass is 32.2. The summed E-state index contributed by atoms with van der Waals surface area (Å²) >= 11 is 1.51. The molecule has 6 nitrogen and oxygen atoms in total. The number of thioether (sulfide) groups is 1. The Bertz CT molecular complexity index is 1120. The monoisotopic (exact) mass is 378 g/mol. The minimum atomic E-state index is -0.192. The smallest absolute Gasteiger partial charge is 0.262 e. The maximum absolute atomic E-state index is 12.5. The van der Waals surface area contributed by atoms with E-state index in [1.807, 2.05) is 42.5 Å². The third kappa shape index (κ3) is 3.46. The summed E-state index contributed by atoms with van der Waals surface area (Å²) in [5.41, 5.74) is 2.33. The summed E-state index contributed by atoms with van der Waals surface area (Å²) in [4.78, 5) is 20.0. The van der Waals surface area contributed by atoms with Crippen LogP contribution in [0.25, 0.3) is 16.7 Å². The molecule has 1 atom stereocenters. The highest BCUT2D eigenvalue weighted by Crippen LogP contribution is 2.32. The molecular weight excluding hydrogens is 360 g/mol. The van der Waals surface area contributed by atoms with Crippen LogP contribution in [-0.4, -0.2) is 26.9 Å². The molecule has 0 fully saturated rings. The van der Waals surface area contributed by atoms with E-state index in [2.05, 4.69) is 34.1 Å². The number of hydrogen-bond acceptors (Lipinski definition) is 5. The van der Waals surface area contributed by atoms with Crippen LogP contribution in [0.15, 0.2) is 70.7 Å². The Morgan fingerprint density at radius 2 is 1.85 bits per heavy atom. The number of aromatic amines is 1. The van der Waals surface area contributed by atoms with Crippen LogP contribution in [0.4, 0.5) is 0 Å². The van der Waals surface area contributed by atoms with Crippen molar-refractivity contribution in [2.75, 3.05) is 7.11 Å². The minimum absolute atomic E-state index is 0.157. The highest BCUT2D eigenvalue weighted by molar-refractivity contribution is 7.99. The minimum Gasteiger partial charge on any atom is -0.497 e. The average molecular weight is 378 g/mol. The lowest BCUT2D eigenvalue weighted by Gasteiger charge is -2.11. The maximum atomic E-state index is 12.5. The van der Waals surface area contributed by atoms with Gasteiger partial charge in [-0.05, 0) is 36.8 Å². The zero-order valence-electron chi connectivity index (χ0n) is 14.9. The van der Waals surface area contributed by atoms with Gasteiger partial charge in [-0.3, -0.25) is 4.79 Å². The molecule has 0 aliphatic carbocycles. The van der Waals surface area contributed by atoms with Crippen molar-refractivity contribution in [3.05, 3.63) is 76.7 Å². The van der Waals surface area contributed by atoms with Crippen molar-refractivity contribution in [1.29, 1.82) is 0 Å². The van der Waals surface area contributed by atoms with Gasteiger partial charge < -0.3 is 9.72 Å². The molecule has 0 saturated carbocycles. The van der Waals surface area contributed by atoms with Crippen molar-refractivity contribution in [2.24, 2.45) is 0 Å². The zero-order chi connectivity index (χ0) is 18.8. The van der Waals surface area contributed by atoms with E-state index in [0.29, 0.717) is 16.2 Å². The second-order valence-corrected chi connectivity index (χ2v) is 7.36. The number of hydrogen-bond donors (Lipinski definition) is 1. The van der Waals surface area contributed by atoms with Crippen molar-refractivity contribution < 1.29 is 4.74 Å². The molecule has 1 N–H and O–H groups in total. The highest BCUT2D eigenvalue weighted by Gasteiger charge is 2.14. The van der Waals surface area contributed by atoms with E-state index in [9.17, 15) is 4.79 Å².